The molecule has 2 rings (SSSR count). The molecule has 3 nitrogen and oxygen atoms in total. The summed E-state index contributed by atoms with van der Waals surface area (Å²) in [6.07, 6.45) is 1.43. The van der Waals surface area contributed by atoms with Gasteiger partial charge in [0.15, 0.2) is 5.78 Å². The van der Waals surface area contributed by atoms with Crippen LogP contribution in [0.15, 0.2) is 46.6 Å². The van der Waals surface area contributed by atoms with Crippen LogP contribution in [0.4, 0.5) is 13.2 Å². The molecule has 1 aromatic carbocycles. The van der Waals surface area contributed by atoms with Crippen LogP contribution in [-0.4, -0.2) is 31.1 Å². The highest BCUT2D eigenvalue weighted by Gasteiger charge is 2.30. The molecule has 0 aliphatic heterocycles. The summed E-state index contributed by atoms with van der Waals surface area (Å²) in [6, 6.07) is 4.97. The van der Waals surface area contributed by atoms with Gasteiger partial charge in [-0.05, 0) is 42.7 Å². The third kappa shape index (κ3) is 4.55. The lowest BCUT2D eigenvalue weighted by Gasteiger charge is -2.07. The van der Waals surface area contributed by atoms with Crippen LogP contribution >= 0.6 is 0 Å². The summed E-state index contributed by atoms with van der Waals surface area (Å²) in [5.41, 5.74) is 0.806. The lowest BCUT2D eigenvalue weighted by atomic mass is 10.1. The maximum absolute atomic E-state index is 12.7. The Morgan fingerprint density at radius 3 is 2.52 bits per heavy atom. The number of hydrogen-bond acceptors (Lipinski definition) is 3. The number of nitrogens with zero attached hydrogens (tertiary/aromatic N) is 2. The van der Waals surface area contributed by atoms with Gasteiger partial charge < -0.3 is 5.01 Å². The van der Waals surface area contributed by atoms with Gasteiger partial charge in [0.1, 0.15) is 0 Å². The maximum atomic E-state index is 12.7. The molecule has 0 radical (unpaired) electrons. The van der Waals surface area contributed by atoms with Crippen LogP contribution in [0.1, 0.15) is 24.0 Å². The zero-order valence-corrected chi connectivity index (χ0v) is 12.9. The number of benzene rings is 1. The number of hydrogen-bond donors (Lipinski definition) is 0. The van der Waals surface area contributed by atoms with Crippen LogP contribution in [0.25, 0.3) is 6.08 Å². The third-order valence-corrected chi connectivity index (χ3v) is 3.38. The number of carbonyl (C=O) groups is 1. The molecule has 0 N–H and O–H groups in total. The second-order valence-corrected chi connectivity index (χ2v) is 5.43. The van der Waals surface area contributed by atoms with Crippen molar-refractivity contribution in [1.82, 2.24) is 5.01 Å². The summed E-state index contributed by atoms with van der Waals surface area (Å²) >= 11 is 0. The highest BCUT2D eigenvalue weighted by atomic mass is 19.4. The first-order valence-corrected chi connectivity index (χ1v) is 7.10. The highest BCUT2D eigenvalue weighted by molar-refractivity contribution is 6.14. The third-order valence-electron chi connectivity index (χ3n) is 3.38. The quantitative estimate of drug-likeness (QED) is 0.480. The maximum Gasteiger partial charge on any atom is 0.416 e. The second-order valence-electron chi connectivity index (χ2n) is 5.43. The fraction of sp³-hybridized carbons (Fsp3) is 0.294. The largest absolute Gasteiger partial charge is 0.416 e. The van der Waals surface area contributed by atoms with Gasteiger partial charge in [0, 0.05) is 31.5 Å². The van der Waals surface area contributed by atoms with Gasteiger partial charge in [-0.2, -0.15) is 18.3 Å². The Kier molecular flexibility index (Phi) is 5.03. The number of allylic oxidation sites excluding steroid dienone is 3. The van der Waals surface area contributed by atoms with E-state index < -0.39 is 11.7 Å². The van der Waals surface area contributed by atoms with Crippen LogP contribution < -0.4 is 0 Å². The van der Waals surface area contributed by atoms with Crippen molar-refractivity contribution in [1.29, 1.82) is 0 Å². The van der Waals surface area contributed by atoms with Gasteiger partial charge in [-0.1, -0.05) is 12.1 Å². The summed E-state index contributed by atoms with van der Waals surface area (Å²) in [4.78, 5) is 12.2. The average Bonchev–Trinajstić information content (AvgIpc) is 2.79. The van der Waals surface area contributed by atoms with E-state index in [-0.39, 0.29) is 5.78 Å². The summed E-state index contributed by atoms with van der Waals surface area (Å²) < 4.78 is 38.1. The van der Waals surface area contributed by atoms with Crippen LogP contribution in [0.2, 0.25) is 0 Å². The Balaban J connectivity index is 2.20. The SMILES string of the molecule is CN(C)/N=C/C=C1\CC/C(=C\c2cccc(C(F)(F)F)c2)C1=O. The van der Waals surface area contributed by atoms with Gasteiger partial charge in [-0.25, -0.2) is 0 Å². The molecule has 0 bridgehead atoms. The van der Waals surface area contributed by atoms with E-state index in [1.807, 2.05) is 0 Å². The van der Waals surface area contributed by atoms with E-state index in [0.717, 1.165) is 12.1 Å². The molecular formula is C17H17F3N2O. The van der Waals surface area contributed by atoms with Gasteiger partial charge in [0.2, 0.25) is 0 Å². The van der Waals surface area contributed by atoms with Crippen molar-refractivity contribution in [3.8, 4) is 0 Å². The van der Waals surface area contributed by atoms with Crippen molar-refractivity contribution in [2.75, 3.05) is 14.1 Å². The monoisotopic (exact) mass is 322 g/mol. The molecule has 6 heteroatoms. The Morgan fingerprint density at radius 2 is 1.87 bits per heavy atom. The predicted molar refractivity (Wildman–Crippen MR) is 83.9 cm³/mol. The fourth-order valence-electron chi connectivity index (χ4n) is 2.26. The summed E-state index contributed by atoms with van der Waals surface area (Å²) in [5.74, 6) is -0.132. The lowest BCUT2D eigenvalue weighted by molar-refractivity contribution is -0.137. The first-order chi connectivity index (χ1) is 10.8. The molecule has 1 aromatic rings. The fourth-order valence-corrected chi connectivity index (χ4v) is 2.26. The molecule has 0 saturated heterocycles. The van der Waals surface area contributed by atoms with Crippen molar-refractivity contribution >= 4 is 18.1 Å². The topological polar surface area (TPSA) is 32.7 Å². The van der Waals surface area contributed by atoms with E-state index in [1.54, 1.807) is 37.5 Å². The number of Topliss-reactive ketones (excluding diaryl/α,β-unsaturated/α-hetero) is 1. The predicted octanol–water partition coefficient (Wildman–Crippen LogP) is 3.93. The molecule has 1 aliphatic carbocycles. The molecule has 0 amide bonds. The Hall–Kier alpha value is -2.37. The number of carbonyl (C=O) groups excluding carboxylic acids is 1. The van der Waals surface area contributed by atoms with Gasteiger partial charge in [-0.3, -0.25) is 4.79 Å². The first-order valence-electron chi connectivity index (χ1n) is 7.10. The van der Waals surface area contributed by atoms with E-state index >= 15 is 0 Å². The van der Waals surface area contributed by atoms with Crippen molar-refractivity contribution in [3.05, 3.63) is 52.6 Å². The summed E-state index contributed by atoms with van der Waals surface area (Å²) in [5, 5.41) is 5.61. The Bertz CT molecular complexity index is 685. The van der Waals surface area contributed by atoms with Gasteiger partial charge in [0.25, 0.3) is 0 Å². The molecule has 0 spiro atoms. The first kappa shape index (κ1) is 17.0. The molecule has 122 valence electrons. The van der Waals surface area contributed by atoms with E-state index in [4.69, 9.17) is 0 Å². The van der Waals surface area contributed by atoms with Crippen molar-refractivity contribution < 1.29 is 18.0 Å². The van der Waals surface area contributed by atoms with Gasteiger partial charge in [0.05, 0.1) is 5.56 Å². The second kappa shape index (κ2) is 6.81. The molecule has 0 aromatic heterocycles. The van der Waals surface area contributed by atoms with E-state index in [9.17, 15) is 18.0 Å². The Morgan fingerprint density at radius 1 is 1.17 bits per heavy atom. The Labute approximate surface area is 132 Å². The van der Waals surface area contributed by atoms with Crippen molar-refractivity contribution in [2.45, 2.75) is 19.0 Å². The van der Waals surface area contributed by atoms with Crippen LogP contribution in [0.3, 0.4) is 0 Å². The van der Waals surface area contributed by atoms with Crippen LogP contribution in [-0.2, 0) is 11.0 Å². The molecule has 23 heavy (non-hydrogen) atoms. The number of rotatable bonds is 3. The van der Waals surface area contributed by atoms with E-state index in [0.29, 0.717) is 29.6 Å². The van der Waals surface area contributed by atoms with Crippen molar-refractivity contribution in [3.63, 3.8) is 0 Å². The molecule has 1 saturated carbocycles. The minimum Gasteiger partial charge on any atom is -0.303 e. The van der Waals surface area contributed by atoms with Crippen LogP contribution in [0, 0.1) is 0 Å². The van der Waals surface area contributed by atoms with Crippen LogP contribution in [0.5, 0.6) is 0 Å². The smallest absolute Gasteiger partial charge is 0.303 e. The number of hydrazone groups is 1. The molecule has 0 unspecified atom stereocenters. The minimum atomic E-state index is -4.39. The molecule has 1 fully saturated rings. The van der Waals surface area contributed by atoms with Gasteiger partial charge in [-0.15, -0.1) is 0 Å². The number of halogens is 3. The normalized spacial score (nSPS) is 19.3. The summed E-state index contributed by atoms with van der Waals surface area (Å²) in [6.45, 7) is 0. The molecule has 0 atom stereocenters. The zero-order chi connectivity index (χ0) is 17.0. The van der Waals surface area contributed by atoms with E-state index in [2.05, 4.69) is 5.10 Å². The standard InChI is InChI=1S/C17H17F3N2O/c1-22(2)21-9-8-13-6-7-14(16(13)23)10-12-4-3-5-15(11-12)17(18,19)20/h3-5,8-11H,6-7H2,1-2H3/b13-8+,14-10+,21-9+. The van der Waals surface area contributed by atoms with E-state index in [1.165, 1.54) is 12.1 Å². The molecule has 1 aliphatic rings. The molecule has 0 heterocycles. The minimum absolute atomic E-state index is 0.132. The van der Waals surface area contributed by atoms with Crippen molar-refractivity contribution in [2.24, 2.45) is 5.10 Å². The van der Waals surface area contributed by atoms with Gasteiger partial charge >= 0.3 is 6.18 Å². The zero-order valence-electron chi connectivity index (χ0n) is 12.9. The number of alkyl halides is 3. The lowest BCUT2D eigenvalue weighted by Crippen LogP contribution is -2.04. The number of ketones is 1. The summed E-state index contributed by atoms with van der Waals surface area (Å²) in [7, 11) is 3.54. The average molecular weight is 322 g/mol. The molecular weight excluding hydrogens is 305 g/mol. The highest BCUT2D eigenvalue weighted by Crippen LogP contribution is 2.31.